The number of rotatable bonds is 1. The molecule has 1 aromatic rings. The molecule has 0 bridgehead atoms. The Morgan fingerprint density at radius 1 is 1.56 bits per heavy atom. The van der Waals surface area contributed by atoms with Crippen LogP contribution in [0.1, 0.15) is 24.6 Å². The molecule has 86 valence electrons. The minimum absolute atomic E-state index is 0.153. The molecule has 1 aromatic heterocycles. The third kappa shape index (κ3) is 1.91. The summed E-state index contributed by atoms with van der Waals surface area (Å²) in [4.78, 5) is 23.4. The maximum absolute atomic E-state index is 11.8. The van der Waals surface area contributed by atoms with Crippen LogP contribution in [0.4, 0.5) is 0 Å². The summed E-state index contributed by atoms with van der Waals surface area (Å²) in [6.07, 6.45) is 2.39. The summed E-state index contributed by atoms with van der Waals surface area (Å²) in [5.41, 5.74) is 0.737. The van der Waals surface area contributed by atoms with Crippen molar-refractivity contribution in [3.8, 4) is 0 Å². The Hall–Kier alpha value is -1.10. The number of pyridine rings is 1. The topological polar surface area (TPSA) is 48.3 Å². The van der Waals surface area contributed by atoms with Gasteiger partial charge in [0.25, 0.3) is 5.56 Å². The normalized spacial score (nSPS) is 19.0. The number of fused-ring (bicyclic) bond motifs is 1. The molecule has 2 rings (SSSR count). The van der Waals surface area contributed by atoms with E-state index in [0.717, 1.165) is 23.0 Å². The predicted octanol–water partition coefficient (Wildman–Crippen LogP) is 1.66. The molecule has 5 heteroatoms. The first-order valence-corrected chi connectivity index (χ1v) is 5.91. The lowest BCUT2D eigenvalue weighted by atomic mass is 10.0. The Morgan fingerprint density at radius 3 is 3.00 bits per heavy atom. The highest BCUT2D eigenvalue weighted by Crippen LogP contribution is 2.25. The van der Waals surface area contributed by atoms with Crippen molar-refractivity contribution in [3.63, 3.8) is 0 Å². The maximum atomic E-state index is 11.8. The van der Waals surface area contributed by atoms with Crippen LogP contribution in [0.15, 0.2) is 21.4 Å². The van der Waals surface area contributed by atoms with Gasteiger partial charge in [0.2, 0.25) is 0 Å². The molecule has 0 spiro atoms. The second-order valence-electron chi connectivity index (χ2n) is 3.80. The number of aryl methyl sites for hydroxylation is 1. The summed E-state index contributed by atoms with van der Waals surface area (Å²) in [7, 11) is 1.35. The van der Waals surface area contributed by atoms with Crippen LogP contribution in [-0.4, -0.2) is 17.6 Å². The van der Waals surface area contributed by atoms with Gasteiger partial charge >= 0.3 is 5.97 Å². The molecule has 1 atom stereocenters. The Labute approximate surface area is 101 Å². The molecule has 0 fully saturated rings. The molecule has 1 aliphatic heterocycles. The largest absolute Gasteiger partial charge is 0.467 e. The number of hydrogen-bond donors (Lipinski definition) is 0. The van der Waals surface area contributed by atoms with Gasteiger partial charge in [-0.05, 0) is 25.3 Å². The molecule has 0 saturated heterocycles. The zero-order valence-corrected chi connectivity index (χ0v) is 10.5. The van der Waals surface area contributed by atoms with E-state index in [1.165, 1.54) is 13.2 Å². The van der Waals surface area contributed by atoms with Crippen LogP contribution < -0.4 is 5.56 Å². The number of ether oxygens (including phenoxy) is 1. The zero-order valence-electron chi connectivity index (χ0n) is 8.90. The molecule has 0 aliphatic carbocycles. The number of esters is 1. The van der Waals surface area contributed by atoms with Gasteiger partial charge < -0.3 is 4.74 Å². The minimum Gasteiger partial charge on any atom is -0.467 e. The third-order valence-electron chi connectivity index (χ3n) is 2.81. The highest BCUT2D eigenvalue weighted by atomic mass is 79.9. The van der Waals surface area contributed by atoms with Gasteiger partial charge in [0.1, 0.15) is 6.04 Å². The summed E-state index contributed by atoms with van der Waals surface area (Å²) in [5.74, 6) is -0.342. The van der Waals surface area contributed by atoms with Crippen LogP contribution in [0, 0.1) is 0 Å². The van der Waals surface area contributed by atoms with E-state index in [4.69, 9.17) is 4.74 Å². The molecule has 0 N–H and O–H groups in total. The molecular weight excluding hydrogens is 274 g/mol. The van der Waals surface area contributed by atoms with Crippen molar-refractivity contribution in [1.29, 1.82) is 0 Å². The molecule has 16 heavy (non-hydrogen) atoms. The predicted molar refractivity (Wildman–Crippen MR) is 62.4 cm³/mol. The van der Waals surface area contributed by atoms with Gasteiger partial charge in [0.15, 0.2) is 0 Å². The van der Waals surface area contributed by atoms with E-state index in [0.29, 0.717) is 6.42 Å². The van der Waals surface area contributed by atoms with Gasteiger partial charge in [-0.2, -0.15) is 0 Å². The van der Waals surface area contributed by atoms with E-state index in [-0.39, 0.29) is 11.5 Å². The van der Waals surface area contributed by atoms with Crippen molar-refractivity contribution in [2.75, 3.05) is 7.11 Å². The Morgan fingerprint density at radius 2 is 2.31 bits per heavy atom. The number of methoxy groups -OCH3 is 1. The van der Waals surface area contributed by atoms with Crippen molar-refractivity contribution in [1.82, 2.24) is 4.57 Å². The van der Waals surface area contributed by atoms with Gasteiger partial charge in [-0.1, -0.05) is 15.9 Å². The number of carbonyl (C=O) groups excluding carboxylic acids is 1. The van der Waals surface area contributed by atoms with Gasteiger partial charge in [-0.3, -0.25) is 9.36 Å². The van der Waals surface area contributed by atoms with Crippen LogP contribution >= 0.6 is 15.9 Å². The number of nitrogens with zero attached hydrogens (tertiary/aromatic N) is 1. The van der Waals surface area contributed by atoms with Crippen molar-refractivity contribution >= 4 is 21.9 Å². The molecule has 0 aromatic carbocycles. The molecule has 1 aliphatic rings. The number of aromatic nitrogens is 1. The lowest BCUT2D eigenvalue weighted by molar-refractivity contribution is -0.145. The summed E-state index contributed by atoms with van der Waals surface area (Å²) in [5, 5.41) is 0. The van der Waals surface area contributed by atoms with Gasteiger partial charge in [-0.25, -0.2) is 4.79 Å². The number of hydrogen-bond acceptors (Lipinski definition) is 3. The fourth-order valence-electron chi connectivity index (χ4n) is 2.11. The van der Waals surface area contributed by atoms with E-state index >= 15 is 0 Å². The van der Waals surface area contributed by atoms with Crippen LogP contribution in [0.2, 0.25) is 0 Å². The fraction of sp³-hybridized carbons (Fsp3) is 0.455. The van der Waals surface area contributed by atoms with Crippen LogP contribution in [0.3, 0.4) is 0 Å². The zero-order chi connectivity index (χ0) is 11.7. The van der Waals surface area contributed by atoms with E-state index in [9.17, 15) is 9.59 Å². The average molecular weight is 286 g/mol. The van der Waals surface area contributed by atoms with Gasteiger partial charge in [0, 0.05) is 16.2 Å². The molecule has 4 nitrogen and oxygen atoms in total. The van der Waals surface area contributed by atoms with E-state index in [2.05, 4.69) is 15.9 Å². The first-order chi connectivity index (χ1) is 7.63. The minimum atomic E-state index is -0.464. The highest BCUT2D eigenvalue weighted by Gasteiger charge is 2.27. The van der Waals surface area contributed by atoms with Crippen molar-refractivity contribution in [2.45, 2.75) is 25.3 Å². The molecule has 0 radical (unpaired) electrons. The first kappa shape index (κ1) is 11.4. The molecular formula is C11H12BrNO3. The smallest absolute Gasteiger partial charge is 0.328 e. The van der Waals surface area contributed by atoms with Crippen molar-refractivity contribution in [3.05, 3.63) is 32.7 Å². The summed E-state index contributed by atoms with van der Waals surface area (Å²) < 4.78 is 7.02. The quantitative estimate of drug-likeness (QED) is 0.738. The molecule has 2 heterocycles. The first-order valence-electron chi connectivity index (χ1n) is 5.12. The van der Waals surface area contributed by atoms with E-state index < -0.39 is 6.04 Å². The van der Waals surface area contributed by atoms with Crippen LogP contribution in [0.5, 0.6) is 0 Å². The van der Waals surface area contributed by atoms with Gasteiger partial charge in [0.05, 0.1) is 7.11 Å². The van der Waals surface area contributed by atoms with Gasteiger partial charge in [-0.15, -0.1) is 0 Å². The summed E-state index contributed by atoms with van der Waals surface area (Å²) in [6, 6.07) is 2.90. The maximum Gasteiger partial charge on any atom is 0.328 e. The Balaban J connectivity index is 2.54. The lowest BCUT2D eigenvalue weighted by Gasteiger charge is -2.25. The molecule has 1 unspecified atom stereocenters. The number of halogens is 1. The standard InChI is InChI=1S/C11H12BrNO3/c1-16-11(15)9-4-2-3-8-5-7(12)6-10(14)13(8)9/h5-6,9H,2-4H2,1H3. The van der Waals surface area contributed by atoms with E-state index in [1.54, 1.807) is 4.57 Å². The fourth-order valence-corrected chi connectivity index (χ4v) is 2.57. The highest BCUT2D eigenvalue weighted by molar-refractivity contribution is 9.10. The second-order valence-corrected chi connectivity index (χ2v) is 4.72. The SMILES string of the molecule is COC(=O)C1CCCc2cc(Br)cc(=O)n21. The van der Waals surface area contributed by atoms with E-state index in [1.807, 2.05) is 6.07 Å². The monoisotopic (exact) mass is 285 g/mol. The van der Waals surface area contributed by atoms with Crippen LogP contribution in [0.25, 0.3) is 0 Å². The lowest BCUT2D eigenvalue weighted by Crippen LogP contribution is -2.35. The third-order valence-corrected chi connectivity index (χ3v) is 3.27. The summed E-state index contributed by atoms with van der Waals surface area (Å²) >= 11 is 3.29. The Bertz CT molecular complexity index is 481. The van der Waals surface area contributed by atoms with Crippen molar-refractivity contribution in [2.24, 2.45) is 0 Å². The van der Waals surface area contributed by atoms with Crippen molar-refractivity contribution < 1.29 is 9.53 Å². The average Bonchev–Trinajstić information content (AvgIpc) is 2.26. The summed E-state index contributed by atoms with van der Waals surface area (Å²) in [6.45, 7) is 0. The molecule has 0 amide bonds. The number of carbonyl (C=O) groups is 1. The molecule has 0 saturated carbocycles. The van der Waals surface area contributed by atoms with Crippen LogP contribution in [-0.2, 0) is 16.0 Å². The second kappa shape index (κ2) is 4.41. The Kier molecular flexibility index (Phi) is 3.14.